The minimum absolute atomic E-state index is 0.138. The molecular weight excluding hydrogens is 426 g/mol. The van der Waals surface area contributed by atoms with Gasteiger partial charge in [-0.15, -0.1) is 0 Å². The highest BCUT2D eigenvalue weighted by Gasteiger charge is 2.45. The third kappa shape index (κ3) is 3.82. The van der Waals surface area contributed by atoms with Crippen LogP contribution in [0.15, 0.2) is 41.3 Å². The molecule has 8 heteroatoms. The van der Waals surface area contributed by atoms with Gasteiger partial charge in [0.15, 0.2) is 0 Å². The van der Waals surface area contributed by atoms with Crippen molar-refractivity contribution in [2.24, 2.45) is 0 Å². The molecule has 0 spiro atoms. The first-order valence-electron chi connectivity index (χ1n) is 10.9. The van der Waals surface area contributed by atoms with Gasteiger partial charge in [0.05, 0.1) is 10.3 Å². The van der Waals surface area contributed by atoms with Gasteiger partial charge in [-0.25, -0.2) is 8.42 Å². The predicted octanol–water partition coefficient (Wildman–Crippen LogP) is 3.35. The molecule has 0 atom stereocenters. The second kappa shape index (κ2) is 8.01. The van der Waals surface area contributed by atoms with E-state index in [0.717, 1.165) is 24.0 Å². The zero-order valence-corrected chi connectivity index (χ0v) is 19.8. The Kier molecular flexibility index (Phi) is 5.63. The number of carbonyl (C=O) groups excluding carboxylic acids is 2. The summed E-state index contributed by atoms with van der Waals surface area (Å²) in [6, 6.07) is 10.5. The SMILES string of the molecule is Cc1ccc(NC(=O)CN2C(=O)C(C)(C)c3cc(S(=O)(=O)N4CCCC4)ccc32)c(C)c1. The number of carbonyl (C=O) groups is 2. The Labute approximate surface area is 189 Å². The molecule has 7 nitrogen and oxygen atoms in total. The number of amides is 2. The Morgan fingerprint density at radius 1 is 1.06 bits per heavy atom. The number of hydrogen-bond donors (Lipinski definition) is 1. The summed E-state index contributed by atoms with van der Waals surface area (Å²) in [5, 5.41) is 2.88. The summed E-state index contributed by atoms with van der Waals surface area (Å²) in [4.78, 5) is 27.6. The minimum atomic E-state index is -3.59. The summed E-state index contributed by atoms with van der Waals surface area (Å²) in [7, 11) is -3.59. The molecule has 1 N–H and O–H groups in total. The fourth-order valence-corrected chi connectivity index (χ4v) is 6.04. The first-order valence-corrected chi connectivity index (χ1v) is 12.3. The van der Waals surface area contributed by atoms with Crippen molar-refractivity contribution < 1.29 is 18.0 Å². The summed E-state index contributed by atoms with van der Waals surface area (Å²) in [5.74, 6) is -0.526. The Bertz CT molecular complexity index is 1200. The van der Waals surface area contributed by atoms with Gasteiger partial charge < -0.3 is 10.2 Å². The standard InChI is InChI=1S/C24H29N3O4S/c1-16-7-9-20(17(2)13-16)25-22(28)15-27-21-10-8-18(14-19(21)24(3,4)23(27)29)32(30,31)26-11-5-6-12-26/h7-10,13-14H,5-6,11-12,15H2,1-4H3,(H,25,28). The van der Waals surface area contributed by atoms with Gasteiger partial charge >= 0.3 is 0 Å². The molecule has 32 heavy (non-hydrogen) atoms. The lowest BCUT2D eigenvalue weighted by molar-refractivity contribution is -0.124. The molecule has 0 bridgehead atoms. The van der Waals surface area contributed by atoms with Gasteiger partial charge in [0.1, 0.15) is 6.54 Å². The molecule has 0 aromatic heterocycles. The summed E-state index contributed by atoms with van der Waals surface area (Å²) in [6.45, 7) is 8.34. The van der Waals surface area contributed by atoms with E-state index in [0.29, 0.717) is 30.0 Å². The highest BCUT2D eigenvalue weighted by Crippen LogP contribution is 2.43. The summed E-state index contributed by atoms with van der Waals surface area (Å²) < 4.78 is 27.5. The largest absolute Gasteiger partial charge is 0.324 e. The molecule has 0 unspecified atom stereocenters. The van der Waals surface area contributed by atoms with Crippen LogP contribution in [0.4, 0.5) is 11.4 Å². The first-order chi connectivity index (χ1) is 15.0. The van der Waals surface area contributed by atoms with Crippen LogP contribution in [0, 0.1) is 13.8 Å². The lowest BCUT2D eigenvalue weighted by Gasteiger charge is -2.20. The number of sulfonamides is 1. The minimum Gasteiger partial charge on any atom is -0.324 e. The van der Waals surface area contributed by atoms with E-state index in [2.05, 4.69) is 5.32 Å². The van der Waals surface area contributed by atoms with E-state index in [-0.39, 0.29) is 23.3 Å². The molecule has 1 fully saturated rings. The third-order valence-corrected chi connectivity index (χ3v) is 8.27. The van der Waals surface area contributed by atoms with Crippen molar-refractivity contribution in [3.05, 3.63) is 53.1 Å². The number of fused-ring (bicyclic) bond motifs is 1. The lowest BCUT2D eigenvalue weighted by Crippen LogP contribution is -2.40. The van der Waals surface area contributed by atoms with Gasteiger partial charge in [0.2, 0.25) is 21.8 Å². The number of anilines is 2. The monoisotopic (exact) mass is 455 g/mol. The highest BCUT2D eigenvalue weighted by atomic mass is 32.2. The van der Waals surface area contributed by atoms with Gasteiger partial charge in [-0.1, -0.05) is 17.7 Å². The molecule has 2 aliphatic rings. The van der Waals surface area contributed by atoms with Crippen LogP contribution < -0.4 is 10.2 Å². The maximum absolute atomic E-state index is 13.2. The maximum Gasteiger partial charge on any atom is 0.244 e. The molecule has 2 heterocycles. The van der Waals surface area contributed by atoms with Gasteiger partial charge in [-0.2, -0.15) is 4.31 Å². The van der Waals surface area contributed by atoms with E-state index < -0.39 is 15.4 Å². The lowest BCUT2D eigenvalue weighted by atomic mass is 9.86. The average molecular weight is 456 g/mol. The predicted molar refractivity (Wildman–Crippen MR) is 124 cm³/mol. The fraction of sp³-hybridized carbons (Fsp3) is 0.417. The van der Waals surface area contributed by atoms with Gasteiger partial charge in [0.25, 0.3) is 0 Å². The third-order valence-electron chi connectivity index (χ3n) is 6.37. The van der Waals surface area contributed by atoms with Crippen molar-refractivity contribution in [2.45, 2.75) is 50.8 Å². The van der Waals surface area contributed by atoms with Crippen LogP contribution in [-0.4, -0.2) is 44.2 Å². The number of hydrogen-bond acceptors (Lipinski definition) is 4. The summed E-state index contributed by atoms with van der Waals surface area (Å²) >= 11 is 0. The van der Waals surface area contributed by atoms with Crippen molar-refractivity contribution >= 4 is 33.2 Å². The molecule has 2 aromatic rings. The van der Waals surface area contributed by atoms with E-state index in [9.17, 15) is 18.0 Å². The highest BCUT2D eigenvalue weighted by molar-refractivity contribution is 7.89. The zero-order chi connectivity index (χ0) is 23.3. The Morgan fingerprint density at radius 2 is 1.75 bits per heavy atom. The van der Waals surface area contributed by atoms with Crippen molar-refractivity contribution in [3.63, 3.8) is 0 Å². The molecule has 1 saturated heterocycles. The molecule has 2 aromatic carbocycles. The van der Waals surface area contributed by atoms with Crippen LogP contribution in [-0.2, 0) is 25.0 Å². The van der Waals surface area contributed by atoms with E-state index >= 15 is 0 Å². The molecule has 2 amide bonds. The van der Waals surface area contributed by atoms with Crippen LogP contribution in [0.2, 0.25) is 0 Å². The topological polar surface area (TPSA) is 86.8 Å². The van der Waals surface area contributed by atoms with Crippen molar-refractivity contribution in [1.29, 1.82) is 0 Å². The molecule has 2 aliphatic heterocycles. The van der Waals surface area contributed by atoms with Crippen molar-refractivity contribution in [2.75, 3.05) is 29.9 Å². The van der Waals surface area contributed by atoms with Crippen LogP contribution in [0.1, 0.15) is 43.4 Å². The number of nitrogens with zero attached hydrogens (tertiary/aromatic N) is 2. The number of aryl methyl sites for hydroxylation is 2. The van der Waals surface area contributed by atoms with Gasteiger partial charge in [-0.3, -0.25) is 9.59 Å². The van der Waals surface area contributed by atoms with Crippen LogP contribution in [0.25, 0.3) is 0 Å². The molecule has 0 saturated carbocycles. The van der Waals surface area contributed by atoms with Crippen LogP contribution >= 0.6 is 0 Å². The maximum atomic E-state index is 13.2. The number of benzene rings is 2. The zero-order valence-electron chi connectivity index (χ0n) is 18.9. The van der Waals surface area contributed by atoms with E-state index in [4.69, 9.17) is 0 Å². The normalized spacial score (nSPS) is 18.1. The van der Waals surface area contributed by atoms with Crippen LogP contribution in [0.5, 0.6) is 0 Å². The van der Waals surface area contributed by atoms with Crippen molar-refractivity contribution in [1.82, 2.24) is 4.31 Å². The molecule has 0 aliphatic carbocycles. The van der Waals surface area contributed by atoms with Gasteiger partial charge in [-0.05, 0) is 75.9 Å². The van der Waals surface area contributed by atoms with E-state index in [1.165, 1.54) is 15.3 Å². The quantitative estimate of drug-likeness (QED) is 0.749. The number of nitrogens with one attached hydrogen (secondary N) is 1. The average Bonchev–Trinajstić information content (AvgIpc) is 3.34. The Hall–Kier alpha value is -2.71. The van der Waals surface area contributed by atoms with Crippen molar-refractivity contribution in [3.8, 4) is 0 Å². The van der Waals surface area contributed by atoms with E-state index in [1.54, 1.807) is 26.0 Å². The molecule has 4 rings (SSSR count). The second-order valence-electron chi connectivity index (χ2n) is 9.17. The Balaban J connectivity index is 1.61. The Morgan fingerprint density at radius 3 is 2.41 bits per heavy atom. The molecular formula is C24H29N3O4S. The van der Waals surface area contributed by atoms with Gasteiger partial charge in [0, 0.05) is 24.5 Å². The summed E-state index contributed by atoms with van der Waals surface area (Å²) in [6.07, 6.45) is 1.72. The molecule has 0 radical (unpaired) electrons. The number of rotatable bonds is 5. The van der Waals surface area contributed by atoms with E-state index in [1.807, 2.05) is 32.0 Å². The molecule has 170 valence electrons. The smallest absolute Gasteiger partial charge is 0.244 e. The second-order valence-corrected chi connectivity index (χ2v) is 11.1. The van der Waals surface area contributed by atoms with Crippen LogP contribution in [0.3, 0.4) is 0 Å². The summed E-state index contributed by atoms with van der Waals surface area (Å²) in [5.41, 5.74) is 3.04. The fourth-order valence-electron chi connectivity index (χ4n) is 4.50. The first kappa shape index (κ1) is 22.5.